The molecule has 0 aliphatic carbocycles. The number of benzene rings is 2. The maximum absolute atomic E-state index is 11.9. The predicted octanol–water partition coefficient (Wildman–Crippen LogP) is 4.14. The average Bonchev–Trinajstić information content (AvgIpc) is 2.58. The van der Waals surface area contributed by atoms with E-state index < -0.39 is 0 Å². The van der Waals surface area contributed by atoms with Gasteiger partial charge < -0.3 is 5.32 Å². The van der Waals surface area contributed by atoms with Crippen molar-refractivity contribution in [2.45, 2.75) is 33.2 Å². The van der Waals surface area contributed by atoms with Gasteiger partial charge in [0.15, 0.2) is 0 Å². The van der Waals surface area contributed by atoms with Crippen LogP contribution in [0.3, 0.4) is 0 Å². The van der Waals surface area contributed by atoms with Gasteiger partial charge in [-0.1, -0.05) is 62.4 Å². The first kappa shape index (κ1) is 16.0. The summed E-state index contributed by atoms with van der Waals surface area (Å²) in [4.78, 5) is 11.9. The summed E-state index contributed by atoms with van der Waals surface area (Å²) in [6.45, 7) is 4.86. The Morgan fingerprint density at radius 3 is 2.45 bits per heavy atom. The monoisotopic (exact) mass is 293 g/mol. The van der Waals surface area contributed by atoms with Crippen LogP contribution in [0, 0.1) is 0 Å². The molecule has 2 heteroatoms. The third kappa shape index (κ3) is 4.59. The van der Waals surface area contributed by atoms with Crippen LogP contribution in [0.4, 0.5) is 0 Å². The van der Waals surface area contributed by atoms with Crippen molar-refractivity contribution in [3.05, 3.63) is 76.9 Å². The van der Waals surface area contributed by atoms with Gasteiger partial charge in [0.2, 0.25) is 5.91 Å². The zero-order valence-electron chi connectivity index (χ0n) is 13.3. The Morgan fingerprint density at radius 1 is 1.00 bits per heavy atom. The summed E-state index contributed by atoms with van der Waals surface area (Å²) in [6, 6.07) is 16.4. The highest BCUT2D eigenvalue weighted by Gasteiger charge is 2.03. The van der Waals surface area contributed by atoms with E-state index in [1.807, 2.05) is 36.4 Å². The van der Waals surface area contributed by atoms with E-state index in [1.54, 1.807) is 6.08 Å². The van der Waals surface area contributed by atoms with Crippen molar-refractivity contribution < 1.29 is 4.79 Å². The normalized spacial score (nSPS) is 10.8. The van der Waals surface area contributed by atoms with Crippen molar-refractivity contribution >= 4 is 12.0 Å². The van der Waals surface area contributed by atoms with E-state index in [0.29, 0.717) is 6.54 Å². The van der Waals surface area contributed by atoms with Crippen LogP contribution < -0.4 is 5.32 Å². The summed E-state index contributed by atoms with van der Waals surface area (Å²) in [5, 5.41) is 2.97. The Labute approximate surface area is 132 Å². The highest BCUT2D eigenvalue weighted by atomic mass is 16.1. The summed E-state index contributed by atoms with van der Waals surface area (Å²) < 4.78 is 0. The first-order valence-electron chi connectivity index (χ1n) is 7.84. The van der Waals surface area contributed by atoms with Gasteiger partial charge in [-0.25, -0.2) is 0 Å². The first-order chi connectivity index (χ1) is 10.7. The molecule has 0 aliphatic rings. The molecule has 0 unspecified atom stereocenters. The number of carbonyl (C=O) groups excluding carboxylic acids is 1. The van der Waals surface area contributed by atoms with Gasteiger partial charge in [0.1, 0.15) is 0 Å². The highest BCUT2D eigenvalue weighted by Crippen LogP contribution is 2.13. The summed E-state index contributed by atoms with van der Waals surface area (Å²) in [5.41, 5.74) is 4.84. The van der Waals surface area contributed by atoms with Crippen molar-refractivity contribution in [3.63, 3.8) is 0 Å². The molecule has 0 fully saturated rings. The van der Waals surface area contributed by atoms with Crippen LogP contribution in [0.2, 0.25) is 0 Å². The molecule has 0 aliphatic heterocycles. The molecule has 0 saturated carbocycles. The number of rotatable bonds is 6. The molecule has 0 saturated heterocycles. The second-order valence-corrected chi connectivity index (χ2v) is 5.27. The van der Waals surface area contributed by atoms with Crippen LogP contribution in [0.5, 0.6) is 0 Å². The summed E-state index contributed by atoms with van der Waals surface area (Å²) >= 11 is 0. The fraction of sp³-hybridized carbons (Fsp3) is 0.250. The van der Waals surface area contributed by atoms with Gasteiger partial charge in [-0.2, -0.15) is 0 Å². The first-order valence-corrected chi connectivity index (χ1v) is 7.84. The molecule has 0 heterocycles. The number of amides is 1. The van der Waals surface area contributed by atoms with E-state index in [2.05, 4.69) is 37.4 Å². The molecule has 0 aromatic heterocycles. The van der Waals surface area contributed by atoms with Gasteiger partial charge >= 0.3 is 0 Å². The van der Waals surface area contributed by atoms with Crippen LogP contribution in [0.25, 0.3) is 6.08 Å². The Morgan fingerprint density at radius 2 is 1.77 bits per heavy atom. The van der Waals surface area contributed by atoms with E-state index in [4.69, 9.17) is 0 Å². The van der Waals surface area contributed by atoms with E-state index in [9.17, 15) is 4.79 Å². The summed E-state index contributed by atoms with van der Waals surface area (Å²) in [6.07, 6.45) is 5.41. The molecule has 2 rings (SSSR count). The number of carbonyl (C=O) groups is 1. The average molecular weight is 293 g/mol. The molecule has 0 radical (unpaired) electrons. The molecule has 2 aromatic carbocycles. The van der Waals surface area contributed by atoms with Crippen LogP contribution in [0.15, 0.2) is 54.6 Å². The van der Waals surface area contributed by atoms with Gasteiger partial charge in [-0.15, -0.1) is 0 Å². The molecule has 1 N–H and O–H groups in total. The van der Waals surface area contributed by atoms with Gasteiger partial charge in [0, 0.05) is 12.6 Å². The third-order valence-corrected chi connectivity index (χ3v) is 3.74. The predicted molar refractivity (Wildman–Crippen MR) is 92.5 cm³/mol. The van der Waals surface area contributed by atoms with Crippen molar-refractivity contribution in [2.24, 2.45) is 0 Å². The van der Waals surface area contributed by atoms with E-state index in [-0.39, 0.29) is 5.91 Å². The van der Waals surface area contributed by atoms with E-state index in [0.717, 1.165) is 18.4 Å². The molecule has 0 bridgehead atoms. The van der Waals surface area contributed by atoms with Gasteiger partial charge in [0.05, 0.1) is 0 Å². The topological polar surface area (TPSA) is 29.1 Å². The zero-order valence-corrected chi connectivity index (χ0v) is 13.3. The number of aryl methyl sites for hydroxylation is 2. The van der Waals surface area contributed by atoms with Crippen molar-refractivity contribution in [1.29, 1.82) is 0 Å². The smallest absolute Gasteiger partial charge is 0.244 e. The van der Waals surface area contributed by atoms with Gasteiger partial charge in [-0.3, -0.25) is 4.79 Å². The second kappa shape index (κ2) is 8.18. The molecule has 22 heavy (non-hydrogen) atoms. The van der Waals surface area contributed by atoms with Crippen LogP contribution in [-0.2, 0) is 24.2 Å². The quantitative estimate of drug-likeness (QED) is 0.797. The Hall–Kier alpha value is -2.35. The minimum Gasteiger partial charge on any atom is -0.348 e. The fourth-order valence-corrected chi connectivity index (χ4v) is 2.39. The minimum absolute atomic E-state index is 0.0622. The second-order valence-electron chi connectivity index (χ2n) is 5.27. The van der Waals surface area contributed by atoms with E-state index >= 15 is 0 Å². The molecule has 0 atom stereocenters. The lowest BCUT2D eigenvalue weighted by molar-refractivity contribution is -0.116. The maximum Gasteiger partial charge on any atom is 0.244 e. The lowest BCUT2D eigenvalue weighted by Gasteiger charge is -2.10. The van der Waals surface area contributed by atoms with Crippen molar-refractivity contribution in [1.82, 2.24) is 5.32 Å². The molecule has 114 valence electrons. The van der Waals surface area contributed by atoms with Crippen molar-refractivity contribution in [2.75, 3.05) is 0 Å². The van der Waals surface area contributed by atoms with Crippen LogP contribution in [-0.4, -0.2) is 5.91 Å². The number of hydrogen-bond donors (Lipinski definition) is 1. The van der Waals surface area contributed by atoms with Gasteiger partial charge in [0.25, 0.3) is 0 Å². The lowest BCUT2D eigenvalue weighted by atomic mass is 10.0. The molecule has 0 spiro atoms. The molecule has 2 nitrogen and oxygen atoms in total. The maximum atomic E-state index is 11.9. The van der Waals surface area contributed by atoms with Crippen LogP contribution in [0.1, 0.15) is 36.1 Å². The summed E-state index contributed by atoms with van der Waals surface area (Å²) in [7, 11) is 0. The fourth-order valence-electron chi connectivity index (χ4n) is 2.39. The molecular weight excluding hydrogens is 270 g/mol. The van der Waals surface area contributed by atoms with Gasteiger partial charge in [-0.05, 0) is 41.2 Å². The standard InChI is InChI=1S/C20H23NO/c1-3-16-10-12-18(4-2)19(14-16)15-21-20(22)13-11-17-8-6-5-7-9-17/h5-14H,3-4,15H2,1-2H3,(H,21,22)/b13-11+. The Kier molecular flexibility index (Phi) is 5.96. The minimum atomic E-state index is -0.0622. The largest absolute Gasteiger partial charge is 0.348 e. The SMILES string of the molecule is CCc1ccc(CC)c(CNC(=O)/C=C/c2ccccc2)c1. The van der Waals surface area contributed by atoms with E-state index in [1.165, 1.54) is 16.7 Å². The number of hydrogen-bond acceptors (Lipinski definition) is 1. The third-order valence-electron chi connectivity index (χ3n) is 3.74. The molecular formula is C20H23NO. The number of nitrogens with one attached hydrogen (secondary N) is 1. The molecule has 2 aromatic rings. The lowest BCUT2D eigenvalue weighted by Crippen LogP contribution is -2.21. The summed E-state index contributed by atoms with van der Waals surface area (Å²) in [5.74, 6) is -0.0622. The Balaban J connectivity index is 1.97. The highest BCUT2D eigenvalue weighted by molar-refractivity contribution is 5.91. The van der Waals surface area contributed by atoms with Crippen molar-refractivity contribution in [3.8, 4) is 0 Å². The zero-order chi connectivity index (χ0) is 15.8. The Bertz CT molecular complexity index is 644. The van der Waals surface area contributed by atoms with Crippen LogP contribution >= 0.6 is 0 Å². The molecule has 1 amide bonds.